The van der Waals surface area contributed by atoms with Crippen LogP contribution in [0, 0.1) is 11.8 Å². The lowest BCUT2D eigenvalue weighted by atomic mass is 10.0. The smallest absolute Gasteiger partial charge is 0.319 e. The minimum absolute atomic E-state index is 0.0241. The maximum absolute atomic E-state index is 11.9. The third kappa shape index (κ3) is 7.92. The van der Waals surface area contributed by atoms with Crippen molar-refractivity contribution in [2.45, 2.75) is 25.7 Å². The molecule has 196 valence electrons. The molecule has 1 aliphatic rings. The highest BCUT2D eigenvalue weighted by Gasteiger charge is 2.33. The molecule has 1 N–H and O–H groups in total. The van der Waals surface area contributed by atoms with Crippen LogP contribution in [0.15, 0.2) is 60.9 Å². The van der Waals surface area contributed by atoms with E-state index in [0.29, 0.717) is 26.1 Å². The Bertz CT molecular complexity index is 1200. The van der Waals surface area contributed by atoms with Crippen molar-refractivity contribution in [2.75, 3.05) is 34.3 Å². The predicted molar refractivity (Wildman–Crippen MR) is 156 cm³/mol. The lowest BCUT2D eigenvalue weighted by Gasteiger charge is -2.40. The number of benzene rings is 2. The van der Waals surface area contributed by atoms with Crippen molar-refractivity contribution in [1.82, 2.24) is 19.4 Å². The number of urea groups is 1. The van der Waals surface area contributed by atoms with E-state index >= 15 is 0 Å². The largest absolute Gasteiger partial charge is 0.487 e. The number of amides is 2. The van der Waals surface area contributed by atoms with Gasteiger partial charge in [-0.15, -0.1) is 0 Å². The molecule has 0 bridgehead atoms. The van der Waals surface area contributed by atoms with E-state index in [4.69, 9.17) is 14.4 Å². The quantitative estimate of drug-likeness (QED) is 0.226. The van der Waals surface area contributed by atoms with Gasteiger partial charge in [0.25, 0.3) is 0 Å². The van der Waals surface area contributed by atoms with Crippen LogP contribution in [0.5, 0.6) is 5.75 Å². The molecular formula is C27H32IN4O4P. The summed E-state index contributed by atoms with van der Waals surface area (Å²) in [6, 6.07) is 16.3. The molecule has 2 heterocycles. The number of nitrogens with zero attached hydrogens (tertiary/aromatic N) is 4. The molecule has 1 aliphatic heterocycles. The molecule has 0 radical (unpaired) electrons. The first kappa shape index (κ1) is 28.9. The number of hydrogen-bond donors (Lipinski definition) is 1. The van der Waals surface area contributed by atoms with Gasteiger partial charge >= 0.3 is 6.03 Å². The molecule has 8 nitrogen and oxygen atoms in total. The molecule has 10 heteroatoms. The van der Waals surface area contributed by atoms with Crippen molar-refractivity contribution in [1.29, 1.82) is 0 Å². The van der Waals surface area contributed by atoms with Crippen LogP contribution in [0.1, 0.15) is 24.4 Å². The molecular weight excluding hydrogens is 602 g/mol. The Morgan fingerprint density at radius 3 is 2.38 bits per heavy atom. The molecule has 4 rings (SSSR count). The third-order valence-corrected chi connectivity index (χ3v) is 6.90. The number of ether oxygens (including phenoxy) is 1. The Labute approximate surface area is 233 Å². The average molecular weight is 634 g/mol. The number of imidazole rings is 1. The van der Waals surface area contributed by atoms with Crippen molar-refractivity contribution in [3.05, 3.63) is 72.3 Å². The number of rotatable bonds is 7. The molecule has 2 amide bonds. The van der Waals surface area contributed by atoms with E-state index in [1.54, 1.807) is 30.1 Å². The first-order valence-corrected chi connectivity index (χ1v) is 15.8. The molecule has 37 heavy (non-hydrogen) atoms. The average Bonchev–Trinajstić information content (AvgIpc) is 3.36. The fourth-order valence-corrected chi connectivity index (χ4v) is 5.16. The van der Waals surface area contributed by atoms with Crippen molar-refractivity contribution in [2.24, 2.45) is 0 Å². The maximum Gasteiger partial charge on any atom is 0.319 e. The summed E-state index contributed by atoms with van der Waals surface area (Å²) in [5, 5.41) is 7.00. The highest BCUT2D eigenvalue weighted by molar-refractivity contribution is 14.2. The van der Waals surface area contributed by atoms with Crippen molar-refractivity contribution < 1.29 is 19.2 Å². The van der Waals surface area contributed by atoms with Crippen LogP contribution in [0.4, 0.5) is 4.79 Å². The number of aliphatic hydroxyl groups is 1. The second kappa shape index (κ2) is 14.3. The van der Waals surface area contributed by atoms with Crippen LogP contribution in [0.25, 0.3) is 11.1 Å². The van der Waals surface area contributed by atoms with Crippen molar-refractivity contribution in [3.63, 3.8) is 0 Å². The fraction of sp³-hybridized carbons (Fsp3) is 0.333. The molecule has 0 spiro atoms. The Hall–Kier alpha value is -2.64. The van der Waals surface area contributed by atoms with Gasteiger partial charge in [-0.25, -0.2) is 9.78 Å². The summed E-state index contributed by atoms with van der Waals surface area (Å²) in [5.41, 5.74) is 3.20. The normalized spacial score (nSPS) is 13.7. The van der Waals surface area contributed by atoms with Gasteiger partial charge in [0.15, 0.2) is 0 Å². The molecule has 1 saturated heterocycles. The van der Waals surface area contributed by atoms with E-state index < -0.39 is 0 Å². The first-order chi connectivity index (χ1) is 17.9. The van der Waals surface area contributed by atoms with Gasteiger partial charge in [0.05, 0.1) is 26.1 Å². The molecule has 2 aromatic carbocycles. The number of hydrogen-bond acceptors (Lipinski definition) is 5. The first-order valence-electron chi connectivity index (χ1n) is 11.7. The van der Waals surface area contributed by atoms with E-state index in [1.165, 1.54) is 0 Å². The van der Waals surface area contributed by atoms with Crippen LogP contribution >= 0.6 is 28.5 Å². The highest BCUT2D eigenvalue weighted by Crippen LogP contribution is 2.30. The van der Waals surface area contributed by atoms with Gasteiger partial charge in [0.1, 0.15) is 23.8 Å². The molecule has 2 unspecified atom stereocenters. The number of likely N-dealkylation sites (tertiary alicyclic amines) is 1. The van der Waals surface area contributed by atoms with Gasteiger partial charge in [0, 0.05) is 39.2 Å². The number of aromatic nitrogens is 2. The molecule has 2 atom stereocenters. The van der Waals surface area contributed by atoms with E-state index in [0.717, 1.165) is 35.4 Å². The van der Waals surface area contributed by atoms with Gasteiger partial charge in [-0.05, 0) is 64.4 Å². The Morgan fingerprint density at radius 1 is 1.16 bits per heavy atom. The zero-order chi connectivity index (χ0) is 26.8. The minimum atomic E-state index is -0.0474. The summed E-state index contributed by atoms with van der Waals surface area (Å²) < 4.78 is 13.7. The van der Waals surface area contributed by atoms with E-state index in [-0.39, 0.29) is 18.2 Å². The maximum atomic E-state index is 11.9. The summed E-state index contributed by atoms with van der Waals surface area (Å²) in [6.07, 6.45) is 3.71. The number of halogens is 1. The zero-order valence-corrected chi connectivity index (χ0v) is 24.5. The number of carbonyl (C=O) groups is 1. The Balaban J connectivity index is 0.00000186. The second-order valence-electron chi connectivity index (χ2n) is 8.48. The molecule has 0 aliphatic carbocycles. The molecule has 1 fully saturated rings. The van der Waals surface area contributed by atoms with Gasteiger partial charge in [-0.3, -0.25) is 0 Å². The van der Waals surface area contributed by atoms with Gasteiger partial charge in [-0.1, -0.05) is 36.1 Å². The van der Waals surface area contributed by atoms with Crippen molar-refractivity contribution in [3.8, 4) is 28.7 Å². The summed E-state index contributed by atoms with van der Waals surface area (Å²) in [4.78, 5) is 19.7. The Kier molecular flexibility index (Phi) is 11.2. The van der Waals surface area contributed by atoms with Crippen LogP contribution in [0.3, 0.4) is 0 Å². The molecule has 3 aromatic rings. The number of aliphatic hydroxyl groups excluding tert-OH is 1. The highest BCUT2D eigenvalue weighted by atomic mass is 127. The van der Waals surface area contributed by atoms with Crippen LogP contribution in [0.2, 0.25) is 0 Å². The monoisotopic (exact) mass is 634 g/mol. The van der Waals surface area contributed by atoms with Gasteiger partial charge in [-0.2, -0.15) is 0 Å². The SMILES string of the molecule is CC(OPI)c1nccn1CC#Cc1ccc(-c2ccc(OC3CN(C(=O)N(C)C)C3)cc2)cc1.CO. The summed E-state index contributed by atoms with van der Waals surface area (Å²) in [5.74, 6) is 8.17. The van der Waals surface area contributed by atoms with E-state index in [2.05, 4.69) is 63.1 Å². The lowest BCUT2D eigenvalue weighted by molar-refractivity contribution is 0.0356. The van der Waals surface area contributed by atoms with Crippen LogP contribution in [-0.2, 0) is 11.1 Å². The minimum Gasteiger partial charge on any atom is -0.487 e. The summed E-state index contributed by atoms with van der Waals surface area (Å²) in [6.45, 7) is 4.21. The number of carbonyl (C=O) groups excluding carboxylic acids is 1. The van der Waals surface area contributed by atoms with E-state index in [1.807, 2.05) is 42.0 Å². The lowest BCUT2D eigenvalue weighted by Crippen LogP contribution is -2.58. The topological polar surface area (TPSA) is 80.1 Å². The zero-order valence-electron chi connectivity index (χ0n) is 21.4. The van der Waals surface area contributed by atoms with Gasteiger partial charge < -0.3 is 28.7 Å². The fourth-order valence-electron chi connectivity index (χ4n) is 3.78. The molecule has 0 saturated carbocycles. The predicted octanol–water partition coefficient (Wildman–Crippen LogP) is 4.98. The second-order valence-corrected chi connectivity index (χ2v) is 10.2. The molecule has 1 aromatic heterocycles. The third-order valence-electron chi connectivity index (χ3n) is 5.69. The van der Waals surface area contributed by atoms with Crippen LogP contribution < -0.4 is 4.74 Å². The van der Waals surface area contributed by atoms with Crippen LogP contribution in [-0.4, -0.2) is 70.9 Å². The van der Waals surface area contributed by atoms with E-state index in [9.17, 15) is 4.79 Å². The Morgan fingerprint density at radius 2 is 1.78 bits per heavy atom. The van der Waals surface area contributed by atoms with Crippen molar-refractivity contribution >= 4 is 34.5 Å². The summed E-state index contributed by atoms with van der Waals surface area (Å²) in [7, 11) is 4.52. The summed E-state index contributed by atoms with van der Waals surface area (Å²) >= 11 is 2.22. The standard InChI is InChI=1S/C26H28IN4O3P.CH4O/c1-19(34-35-27)25-28-14-16-30(25)15-4-5-20-6-8-21(9-7-20)22-10-12-23(13-11-22)33-24-17-31(18-24)26(32)29(2)3;1-2/h6-14,16,19,24,35H,15,17-18H2,1-3H3;2H,1H3. The van der Waals surface area contributed by atoms with Gasteiger partial charge in [0.2, 0.25) is 0 Å².